The SMILES string of the molecule is CC[Si](C)(CC)CC(C)CCl. The van der Waals surface area contributed by atoms with Crippen LogP contribution in [0.15, 0.2) is 0 Å². The highest BCUT2D eigenvalue weighted by molar-refractivity contribution is 6.78. The van der Waals surface area contributed by atoms with Gasteiger partial charge in [-0.25, -0.2) is 0 Å². The lowest BCUT2D eigenvalue weighted by Gasteiger charge is -2.26. The summed E-state index contributed by atoms with van der Waals surface area (Å²) >= 11 is 5.79. The third-order valence-corrected chi connectivity index (χ3v) is 8.44. The summed E-state index contributed by atoms with van der Waals surface area (Å²) < 4.78 is 0. The molecule has 1 atom stereocenters. The van der Waals surface area contributed by atoms with Crippen LogP contribution in [-0.4, -0.2) is 14.0 Å². The van der Waals surface area contributed by atoms with E-state index in [1.54, 1.807) is 0 Å². The molecule has 11 heavy (non-hydrogen) atoms. The molecule has 0 saturated carbocycles. The van der Waals surface area contributed by atoms with Gasteiger partial charge in [-0.1, -0.05) is 45.5 Å². The Morgan fingerprint density at radius 3 is 2.00 bits per heavy atom. The average molecular weight is 193 g/mol. The van der Waals surface area contributed by atoms with Gasteiger partial charge in [-0.3, -0.25) is 0 Å². The van der Waals surface area contributed by atoms with E-state index in [9.17, 15) is 0 Å². The molecule has 0 nitrogen and oxygen atoms in total. The average Bonchev–Trinajstić information content (AvgIpc) is 2.04. The molecule has 0 aliphatic rings. The second-order valence-corrected chi connectivity index (χ2v) is 9.73. The molecule has 0 bridgehead atoms. The van der Waals surface area contributed by atoms with E-state index in [-0.39, 0.29) is 0 Å². The van der Waals surface area contributed by atoms with Gasteiger partial charge in [-0.2, -0.15) is 0 Å². The van der Waals surface area contributed by atoms with Crippen molar-refractivity contribution < 1.29 is 0 Å². The second-order valence-electron chi connectivity index (χ2n) is 3.98. The van der Waals surface area contributed by atoms with Crippen molar-refractivity contribution in [3.8, 4) is 0 Å². The van der Waals surface area contributed by atoms with Crippen molar-refractivity contribution in [1.29, 1.82) is 0 Å². The largest absolute Gasteiger partial charge is 0.126 e. The summed E-state index contributed by atoms with van der Waals surface area (Å²) in [7, 11) is -0.866. The molecule has 2 heteroatoms. The summed E-state index contributed by atoms with van der Waals surface area (Å²) in [6.45, 7) is 9.42. The molecular formula is C9H21ClSi. The lowest BCUT2D eigenvalue weighted by atomic mass is 10.3. The number of hydrogen-bond donors (Lipinski definition) is 0. The van der Waals surface area contributed by atoms with E-state index in [0.717, 1.165) is 11.8 Å². The van der Waals surface area contributed by atoms with Gasteiger partial charge >= 0.3 is 0 Å². The molecule has 0 aromatic heterocycles. The minimum Gasteiger partial charge on any atom is -0.126 e. The van der Waals surface area contributed by atoms with E-state index >= 15 is 0 Å². The van der Waals surface area contributed by atoms with Crippen LogP contribution in [0.2, 0.25) is 24.7 Å². The summed E-state index contributed by atoms with van der Waals surface area (Å²) in [4.78, 5) is 0. The van der Waals surface area contributed by atoms with Crippen LogP contribution in [0.1, 0.15) is 20.8 Å². The standard InChI is InChI=1S/C9H21ClSi/c1-5-11(4,6-2)8-9(3)7-10/h9H,5-8H2,1-4H3. The zero-order chi connectivity index (χ0) is 8.91. The molecule has 0 heterocycles. The van der Waals surface area contributed by atoms with Crippen LogP contribution in [-0.2, 0) is 0 Å². The van der Waals surface area contributed by atoms with E-state index in [4.69, 9.17) is 11.6 Å². The lowest BCUT2D eigenvalue weighted by Crippen LogP contribution is -2.30. The molecule has 0 amide bonds. The van der Waals surface area contributed by atoms with Gasteiger partial charge in [0.25, 0.3) is 0 Å². The highest BCUT2D eigenvalue weighted by Gasteiger charge is 2.24. The smallest absolute Gasteiger partial charge is 0.0502 e. The Labute approximate surface area is 77.3 Å². The van der Waals surface area contributed by atoms with Gasteiger partial charge in [0.15, 0.2) is 0 Å². The predicted octanol–water partition coefficient (Wildman–Crippen LogP) is 3.98. The molecule has 68 valence electrons. The molecule has 0 fully saturated rings. The second kappa shape index (κ2) is 5.21. The minimum atomic E-state index is -0.866. The highest BCUT2D eigenvalue weighted by Crippen LogP contribution is 2.25. The van der Waals surface area contributed by atoms with Gasteiger partial charge in [-0.15, -0.1) is 11.6 Å². The molecule has 0 rings (SSSR count). The van der Waals surface area contributed by atoms with Crippen LogP contribution in [0.3, 0.4) is 0 Å². The molecule has 0 aromatic carbocycles. The maximum atomic E-state index is 5.79. The Bertz CT molecular complexity index is 99.7. The zero-order valence-electron chi connectivity index (χ0n) is 8.28. The number of alkyl halides is 1. The number of hydrogen-bond acceptors (Lipinski definition) is 0. The summed E-state index contributed by atoms with van der Waals surface area (Å²) in [6.07, 6.45) is 0. The number of rotatable bonds is 5. The lowest BCUT2D eigenvalue weighted by molar-refractivity contribution is 0.722. The molecule has 0 N–H and O–H groups in total. The van der Waals surface area contributed by atoms with Gasteiger partial charge in [0, 0.05) is 5.88 Å². The highest BCUT2D eigenvalue weighted by atomic mass is 35.5. The van der Waals surface area contributed by atoms with Gasteiger partial charge in [-0.05, 0) is 5.92 Å². The molecule has 0 aliphatic heterocycles. The van der Waals surface area contributed by atoms with Gasteiger partial charge < -0.3 is 0 Å². The van der Waals surface area contributed by atoms with E-state index < -0.39 is 8.07 Å². The fourth-order valence-electron chi connectivity index (χ4n) is 1.43. The Morgan fingerprint density at radius 2 is 1.73 bits per heavy atom. The van der Waals surface area contributed by atoms with Crippen LogP contribution in [0, 0.1) is 5.92 Å². The summed E-state index contributed by atoms with van der Waals surface area (Å²) in [5.41, 5.74) is 0. The van der Waals surface area contributed by atoms with Crippen LogP contribution in [0.4, 0.5) is 0 Å². The first-order chi connectivity index (χ1) is 5.08. The summed E-state index contributed by atoms with van der Waals surface area (Å²) in [5, 5.41) is 0. The first-order valence-electron chi connectivity index (χ1n) is 4.64. The monoisotopic (exact) mass is 192 g/mol. The number of halogens is 1. The molecule has 0 aliphatic carbocycles. The zero-order valence-corrected chi connectivity index (χ0v) is 10.0. The van der Waals surface area contributed by atoms with E-state index in [2.05, 4.69) is 27.3 Å². The topological polar surface area (TPSA) is 0 Å². The molecule has 0 saturated heterocycles. The van der Waals surface area contributed by atoms with Gasteiger partial charge in [0.05, 0.1) is 8.07 Å². The molecule has 0 aromatic rings. The fraction of sp³-hybridized carbons (Fsp3) is 1.00. The first kappa shape index (κ1) is 11.5. The molecular weight excluding hydrogens is 172 g/mol. The van der Waals surface area contributed by atoms with Crippen molar-refractivity contribution in [2.45, 2.75) is 45.5 Å². The van der Waals surface area contributed by atoms with Crippen molar-refractivity contribution >= 4 is 19.7 Å². The van der Waals surface area contributed by atoms with E-state index in [1.165, 1.54) is 18.1 Å². The van der Waals surface area contributed by atoms with Crippen molar-refractivity contribution in [2.24, 2.45) is 5.92 Å². The van der Waals surface area contributed by atoms with Crippen molar-refractivity contribution in [3.05, 3.63) is 0 Å². The molecule has 0 spiro atoms. The molecule has 0 radical (unpaired) electrons. The van der Waals surface area contributed by atoms with Gasteiger partial charge in [0.2, 0.25) is 0 Å². The third kappa shape index (κ3) is 4.17. The van der Waals surface area contributed by atoms with Crippen molar-refractivity contribution in [3.63, 3.8) is 0 Å². The Balaban J connectivity index is 3.86. The van der Waals surface area contributed by atoms with Crippen molar-refractivity contribution in [1.82, 2.24) is 0 Å². The van der Waals surface area contributed by atoms with Crippen LogP contribution in [0.5, 0.6) is 0 Å². The fourth-order valence-corrected chi connectivity index (χ4v) is 4.63. The van der Waals surface area contributed by atoms with Crippen LogP contribution in [0.25, 0.3) is 0 Å². The van der Waals surface area contributed by atoms with E-state index in [1.807, 2.05) is 0 Å². The molecule has 1 unspecified atom stereocenters. The van der Waals surface area contributed by atoms with Crippen molar-refractivity contribution in [2.75, 3.05) is 5.88 Å². The first-order valence-corrected chi connectivity index (χ1v) is 8.29. The van der Waals surface area contributed by atoms with Gasteiger partial charge in [0.1, 0.15) is 0 Å². The normalized spacial score (nSPS) is 15.0. The van der Waals surface area contributed by atoms with E-state index in [0.29, 0.717) is 0 Å². The summed E-state index contributed by atoms with van der Waals surface area (Å²) in [6, 6.07) is 4.22. The third-order valence-electron chi connectivity index (χ3n) is 2.81. The summed E-state index contributed by atoms with van der Waals surface area (Å²) in [5.74, 6) is 1.57. The Kier molecular flexibility index (Phi) is 5.45. The predicted molar refractivity (Wildman–Crippen MR) is 57.3 cm³/mol. The maximum absolute atomic E-state index is 5.79. The quantitative estimate of drug-likeness (QED) is 0.457. The van der Waals surface area contributed by atoms with Crippen LogP contribution >= 0.6 is 11.6 Å². The minimum absolute atomic E-state index is 0.730. The maximum Gasteiger partial charge on any atom is 0.0502 e. The Hall–Kier alpha value is 0.507. The Morgan fingerprint density at radius 1 is 1.27 bits per heavy atom. The van der Waals surface area contributed by atoms with Crippen LogP contribution < -0.4 is 0 Å².